The summed E-state index contributed by atoms with van der Waals surface area (Å²) in [6.07, 6.45) is -4.61. The number of carbonyl (C=O) groups is 1. The van der Waals surface area contributed by atoms with E-state index in [1.807, 2.05) is 0 Å². The molecular weight excluding hydrogens is 457 g/mol. The standard InChI is InChI=1S/C19H12BrF3N2O2S/c20-14-6-4-12(5-7-14)15-9-16(19(21,22)23)25-18(24-15)28-10-11-2-1-3-13(8-11)17(26)27/h1-9H,10H2,(H,26,27). The monoisotopic (exact) mass is 468 g/mol. The van der Waals surface area contributed by atoms with Gasteiger partial charge in [-0.15, -0.1) is 0 Å². The fourth-order valence-corrected chi connectivity index (χ4v) is 3.41. The normalized spacial score (nSPS) is 11.4. The summed E-state index contributed by atoms with van der Waals surface area (Å²) in [4.78, 5) is 18.9. The highest BCUT2D eigenvalue weighted by atomic mass is 79.9. The summed E-state index contributed by atoms with van der Waals surface area (Å²) < 4.78 is 40.6. The number of thioether (sulfide) groups is 1. The van der Waals surface area contributed by atoms with Crippen molar-refractivity contribution in [1.29, 1.82) is 0 Å². The van der Waals surface area contributed by atoms with E-state index in [4.69, 9.17) is 5.11 Å². The molecule has 0 saturated carbocycles. The van der Waals surface area contributed by atoms with Crippen LogP contribution in [0.15, 0.2) is 64.2 Å². The lowest BCUT2D eigenvalue weighted by Crippen LogP contribution is -2.10. The fourth-order valence-electron chi connectivity index (χ4n) is 2.35. The van der Waals surface area contributed by atoms with Crippen LogP contribution in [0, 0.1) is 0 Å². The van der Waals surface area contributed by atoms with E-state index in [0.717, 1.165) is 22.3 Å². The Morgan fingerprint density at radius 2 is 1.79 bits per heavy atom. The summed E-state index contributed by atoms with van der Waals surface area (Å²) in [5, 5.41) is 9.01. The van der Waals surface area contributed by atoms with Gasteiger partial charge in [0.05, 0.1) is 11.3 Å². The van der Waals surface area contributed by atoms with Crippen LogP contribution in [-0.2, 0) is 11.9 Å². The summed E-state index contributed by atoms with van der Waals surface area (Å²) in [7, 11) is 0. The van der Waals surface area contributed by atoms with E-state index >= 15 is 0 Å². The van der Waals surface area contributed by atoms with Crippen molar-refractivity contribution in [3.63, 3.8) is 0 Å². The van der Waals surface area contributed by atoms with Gasteiger partial charge in [0, 0.05) is 15.8 Å². The van der Waals surface area contributed by atoms with Crippen molar-refractivity contribution in [3.05, 3.63) is 75.9 Å². The van der Waals surface area contributed by atoms with E-state index in [9.17, 15) is 18.0 Å². The highest BCUT2D eigenvalue weighted by molar-refractivity contribution is 9.10. The second kappa shape index (κ2) is 8.32. The second-order valence-electron chi connectivity index (χ2n) is 5.72. The molecule has 1 N–H and O–H groups in total. The molecule has 0 atom stereocenters. The highest BCUT2D eigenvalue weighted by Gasteiger charge is 2.33. The SMILES string of the molecule is O=C(O)c1cccc(CSc2nc(-c3ccc(Br)cc3)cc(C(F)(F)F)n2)c1. The molecule has 28 heavy (non-hydrogen) atoms. The van der Waals surface area contributed by atoms with Gasteiger partial charge >= 0.3 is 12.1 Å². The molecule has 0 saturated heterocycles. The van der Waals surface area contributed by atoms with Gasteiger partial charge in [-0.3, -0.25) is 0 Å². The van der Waals surface area contributed by atoms with Crippen molar-refractivity contribution in [3.8, 4) is 11.3 Å². The minimum atomic E-state index is -4.61. The molecular formula is C19H12BrF3N2O2S. The van der Waals surface area contributed by atoms with Crippen molar-refractivity contribution >= 4 is 33.7 Å². The molecule has 0 aliphatic heterocycles. The first kappa shape index (κ1) is 20.3. The van der Waals surface area contributed by atoms with Crippen LogP contribution in [0.2, 0.25) is 0 Å². The molecule has 0 fully saturated rings. The van der Waals surface area contributed by atoms with Crippen LogP contribution >= 0.6 is 27.7 Å². The van der Waals surface area contributed by atoms with Crippen LogP contribution in [0.25, 0.3) is 11.3 Å². The zero-order valence-corrected chi connectivity index (χ0v) is 16.5. The van der Waals surface area contributed by atoms with Gasteiger partial charge < -0.3 is 5.11 Å². The van der Waals surface area contributed by atoms with Crippen LogP contribution in [-0.4, -0.2) is 21.0 Å². The number of halogens is 4. The van der Waals surface area contributed by atoms with Crippen LogP contribution in [0.4, 0.5) is 13.2 Å². The Labute approximate surface area is 171 Å². The number of nitrogens with zero attached hydrogens (tertiary/aromatic N) is 2. The summed E-state index contributed by atoms with van der Waals surface area (Å²) in [5.41, 5.74) is 0.430. The third-order valence-electron chi connectivity index (χ3n) is 3.68. The average Bonchev–Trinajstić information content (AvgIpc) is 2.66. The van der Waals surface area contributed by atoms with Crippen LogP contribution in [0.5, 0.6) is 0 Å². The van der Waals surface area contributed by atoms with E-state index in [-0.39, 0.29) is 22.2 Å². The number of hydrogen-bond donors (Lipinski definition) is 1. The predicted octanol–water partition coefficient (Wildman–Crippen LogP) is 5.92. The van der Waals surface area contributed by atoms with E-state index in [1.165, 1.54) is 12.1 Å². The Balaban J connectivity index is 1.91. The number of carboxylic acids is 1. The van der Waals surface area contributed by atoms with E-state index in [0.29, 0.717) is 11.1 Å². The number of alkyl halides is 3. The molecule has 0 aliphatic carbocycles. The highest BCUT2D eigenvalue weighted by Crippen LogP contribution is 2.33. The number of benzene rings is 2. The molecule has 3 rings (SSSR count). The van der Waals surface area contributed by atoms with Gasteiger partial charge in [0.25, 0.3) is 0 Å². The van der Waals surface area contributed by atoms with Crippen molar-refractivity contribution in [2.24, 2.45) is 0 Å². The molecule has 144 valence electrons. The summed E-state index contributed by atoms with van der Waals surface area (Å²) in [5.74, 6) is -0.831. The topological polar surface area (TPSA) is 63.1 Å². The van der Waals surface area contributed by atoms with Crippen LogP contribution < -0.4 is 0 Å². The number of carboxylic acid groups (broad SMARTS) is 1. The lowest BCUT2D eigenvalue weighted by Gasteiger charge is -2.11. The smallest absolute Gasteiger partial charge is 0.433 e. The lowest BCUT2D eigenvalue weighted by molar-refractivity contribution is -0.141. The van der Waals surface area contributed by atoms with Gasteiger partial charge in [-0.2, -0.15) is 13.2 Å². The minimum Gasteiger partial charge on any atom is -0.478 e. The molecule has 1 aromatic heterocycles. The number of aromatic nitrogens is 2. The van der Waals surface area contributed by atoms with Gasteiger partial charge in [-0.05, 0) is 35.9 Å². The number of hydrogen-bond acceptors (Lipinski definition) is 4. The first-order valence-corrected chi connectivity index (χ1v) is 9.67. The molecule has 0 spiro atoms. The Morgan fingerprint density at radius 3 is 2.43 bits per heavy atom. The van der Waals surface area contributed by atoms with Gasteiger partial charge in [0.15, 0.2) is 5.16 Å². The molecule has 0 radical (unpaired) electrons. The molecule has 0 bridgehead atoms. The van der Waals surface area contributed by atoms with Gasteiger partial charge in [-0.1, -0.05) is 52.0 Å². The van der Waals surface area contributed by atoms with E-state index in [2.05, 4.69) is 25.9 Å². The van der Waals surface area contributed by atoms with Crippen molar-refractivity contribution in [1.82, 2.24) is 9.97 Å². The Kier molecular flexibility index (Phi) is 6.04. The Morgan fingerprint density at radius 1 is 1.07 bits per heavy atom. The molecule has 9 heteroatoms. The van der Waals surface area contributed by atoms with E-state index in [1.54, 1.807) is 36.4 Å². The molecule has 0 unspecified atom stereocenters. The first-order valence-electron chi connectivity index (χ1n) is 7.89. The molecule has 4 nitrogen and oxygen atoms in total. The summed E-state index contributed by atoms with van der Waals surface area (Å²) in [6.45, 7) is 0. The largest absolute Gasteiger partial charge is 0.478 e. The third kappa shape index (κ3) is 5.11. The Hall–Kier alpha value is -2.39. The zero-order chi connectivity index (χ0) is 20.3. The van der Waals surface area contributed by atoms with Gasteiger partial charge in [-0.25, -0.2) is 14.8 Å². The van der Waals surface area contributed by atoms with Crippen molar-refractivity contribution < 1.29 is 23.1 Å². The minimum absolute atomic E-state index is 0.0338. The first-order chi connectivity index (χ1) is 13.2. The maximum Gasteiger partial charge on any atom is 0.433 e. The summed E-state index contributed by atoms with van der Waals surface area (Å²) in [6, 6.07) is 13.9. The Bertz CT molecular complexity index is 1010. The maximum atomic E-state index is 13.3. The number of rotatable bonds is 5. The quantitative estimate of drug-likeness (QED) is 0.372. The van der Waals surface area contributed by atoms with Gasteiger partial charge in [0.2, 0.25) is 0 Å². The van der Waals surface area contributed by atoms with Crippen LogP contribution in [0.3, 0.4) is 0 Å². The lowest BCUT2D eigenvalue weighted by atomic mass is 10.1. The molecule has 0 amide bonds. The zero-order valence-electron chi connectivity index (χ0n) is 14.1. The second-order valence-corrected chi connectivity index (χ2v) is 7.58. The van der Waals surface area contributed by atoms with Crippen molar-refractivity contribution in [2.45, 2.75) is 17.1 Å². The average molecular weight is 469 g/mol. The summed E-state index contributed by atoms with van der Waals surface area (Å²) >= 11 is 4.30. The molecule has 1 heterocycles. The van der Waals surface area contributed by atoms with E-state index < -0.39 is 17.8 Å². The third-order valence-corrected chi connectivity index (χ3v) is 5.13. The number of aromatic carboxylic acids is 1. The van der Waals surface area contributed by atoms with Crippen molar-refractivity contribution in [2.75, 3.05) is 0 Å². The fraction of sp³-hybridized carbons (Fsp3) is 0.105. The van der Waals surface area contributed by atoms with Crippen LogP contribution in [0.1, 0.15) is 21.6 Å². The molecule has 2 aromatic carbocycles. The van der Waals surface area contributed by atoms with Gasteiger partial charge in [0.1, 0.15) is 5.69 Å². The maximum absolute atomic E-state index is 13.3. The molecule has 0 aliphatic rings. The predicted molar refractivity (Wildman–Crippen MR) is 103 cm³/mol. The molecule has 3 aromatic rings.